The van der Waals surface area contributed by atoms with E-state index < -0.39 is 0 Å². The maximum absolute atomic E-state index is 5.93. The normalized spacial score (nSPS) is 19.7. The van der Waals surface area contributed by atoms with Crippen molar-refractivity contribution in [3.05, 3.63) is 47.0 Å². The van der Waals surface area contributed by atoms with E-state index in [0.717, 1.165) is 35.4 Å². The zero-order valence-corrected chi connectivity index (χ0v) is 18.8. The molecule has 0 spiro atoms. The first-order chi connectivity index (χ1) is 15.2. The summed E-state index contributed by atoms with van der Waals surface area (Å²) in [5.41, 5.74) is 4.38. The van der Waals surface area contributed by atoms with Crippen LogP contribution >= 0.6 is 0 Å². The van der Waals surface area contributed by atoms with Gasteiger partial charge in [-0.1, -0.05) is 12.8 Å². The first-order valence-corrected chi connectivity index (χ1v) is 10.8. The Morgan fingerprint density at radius 1 is 0.806 bits per heavy atom. The number of aliphatic imine (C=N–C) groups is 1. The van der Waals surface area contributed by atoms with Crippen molar-refractivity contribution in [1.82, 2.24) is 0 Å². The average Bonchev–Trinajstić information content (AvgIpc) is 2.82. The highest BCUT2D eigenvalue weighted by molar-refractivity contribution is 6.15. The van der Waals surface area contributed by atoms with Gasteiger partial charge in [0.1, 0.15) is 6.61 Å². The Hall–Kier alpha value is -2.73. The van der Waals surface area contributed by atoms with Crippen molar-refractivity contribution in [3.63, 3.8) is 0 Å². The lowest BCUT2D eigenvalue weighted by Crippen LogP contribution is -2.29. The van der Waals surface area contributed by atoms with Gasteiger partial charge in [-0.25, -0.2) is 0 Å². The number of nitrogens with zero attached hydrogens (tertiary/aromatic N) is 1. The molecule has 2 aromatic carbocycles. The summed E-state index contributed by atoms with van der Waals surface area (Å²) in [5, 5.41) is 0. The summed E-state index contributed by atoms with van der Waals surface area (Å²) < 4.78 is 27.8. The molecule has 0 radical (unpaired) electrons. The van der Waals surface area contributed by atoms with E-state index in [1.165, 1.54) is 18.4 Å². The standard InChI is InChI=1S/C25H31NO5/c1-27-11-12-31-24-13-16(9-10-21(24)28-2)25-19-15-23(30-4)22(29-3)14-18(19)17-7-5-6-8-20(17)26-25/h9-10,13-15,17,20H,5-8,11-12H2,1-4H3. The number of rotatable bonds is 8. The molecule has 4 rings (SSSR count). The summed E-state index contributed by atoms with van der Waals surface area (Å²) in [6, 6.07) is 10.5. The fourth-order valence-corrected chi connectivity index (χ4v) is 4.67. The highest BCUT2D eigenvalue weighted by atomic mass is 16.5. The molecule has 2 atom stereocenters. The topological polar surface area (TPSA) is 58.5 Å². The minimum Gasteiger partial charge on any atom is -0.493 e. The van der Waals surface area contributed by atoms with Crippen molar-refractivity contribution in [2.75, 3.05) is 41.7 Å². The van der Waals surface area contributed by atoms with Crippen LogP contribution in [-0.2, 0) is 4.74 Å². The van der Waals surface area contributed by atoms with Crippen LogP contribution in [0.3, 0.4) is 0 Å². The third-order valence-corrected chi connectivity index (χ3v) is 6.22. The van der Waals surface area contributed by atoms with E-state index in [0.29, 0.717) is 36.4 Å². The summed E-state index contributed by atoms with van der Waals surface area (Å²) in [6.07, 6.45) is 4.71. The van der Waals surface area contributed by atoms with Crippen LogP contribution in [0.2, 0.25) is 0 Å². The van der Waals surface area contributed by atoms with Gasteiger partial charge in [0.2, 0.25) is 0 Å². The molecule has 1 aliphatic carbocycles. The lowest BCUT2D eigenvalue weighted by atomic mass is 9.75. The second-order valence-electron chi connectivity index (χ2n) is 7.94. The van der Waals surface area contributed by atoms with E-state index in [2.05, 4.69) is 12.1 Å². The van der Waals surface area contributed by atoms with Crippen LogP contribution in [0, 0.1) is 0 Å². The van der Waals surface area contributed by atoms with Gasteiger partial charge in [0.05, 0.1) is 39.7 Å². The number of ether oxygens (including phenoxy) is 5. The predicted octanol–water partition coefficient (Wildman–Crippen LogP) is 4.61. The summed E-state index contributed by atoms with van der Waals surface area (Å²) in [5.74, 6) is 3.29. The Balaban J connectivity index is 1.81. The Labute approximate surface area is 184 Å². The van der Waals surface area contributed by atoms with Crippen LogP contribution < -0.4 is 18.9 Å². The zero-order chi connectivity index (χ0) is 21.8. The molecule has 6 heteroatoms. The molecule has 2 aliphatic rings. The van der Waals surface area contributed by atoms with Gasteiger partial charge >= 0.3 is 0 Å². The molecule has 1 fully saturated rings. The van der Waals surface area contributed by atoms with E-state index in [9.17, 15) is 0 Å². The number of hydrogen-bond donors (Lipinski definition) is 0. The molecule has 1 aliphatic heterocycles. The number of fused-ring (bicyclic) bond motifs is 3. The van der Waals surface area contributed by atoms with Crippen LogP contribution in [0.15, 0.2) is 35.3 Å². The van der Waals surface area contributed by atoms with Gasteiger partial charge in [0, 0.05) is 24.2 Å². The molecule has 0 aromatic heterocycles. The quantitative estimate of drug-likeness (QED) is 0.578. The summed E-state index contributed by atoms with van der Waals surface area (Å²) in [6.45, 7) is 0.965. The van der Waals surface area contributed by atoms with Crippen molar-refractivity contribution < 1.29 is 23.7 Å². The van der Waals surface area contributed by atoms with Gasteiger partial charge < -0.3 is 23.7 Å². The van der Waals surface area contributed by atoms with Crippen LogP contribution in [0.5, 0.6) is 23.0 Å². The molecule has 0 saturated heterocycles. The largest absolute Gasteiger partial charge is 0.493 e. The van der Waals surface area contributed by atoms with Crippen LogP contribution in [0.25, 0.3) is 0 Å². The summed E-state index contributed by atoms with van der Waals surface area (Å²) in [4.78, 5) is 5.24. The molecular weight excluding hydrogens is 394 g/mol. The van der Waals surface area contributed by atoms with E-state index in [-0.39, 0.29) is 6.04 Å². The van der Waals surface area contributed by atoms with E-state index in [4.69, 9.17) is 28.7 Å². The van der Waals surface area contributed by atoms with Crippen molar-refractivity contribution >= 4 is 5.71 Å². The number of hydrogen-bond acceptors (Lipinski definition) is 6. The fourth-order valence-electron chi connectivity index (χ4n) is 4.67. The molecule has 166 valence electrons. The molecule has 0 N–H and O–H groups in total. The number of benzene rings is 2. The second kappa shape index (κ2) is 9.60. The van der Waals surface area contributed by atoms with Gasteiger partial charge in [0.25, 0.3) is 0 Å². The fraction of sp³-hybridized carbons (Fsp3) is 0.480. The molecular formula is C25H31NO5. The molecule has 1 saturated carbocycles. The Morgan fingerprint density at radius 2 is 1.55 bits per heavy atom. The molecule has 0 bridgehead atoms. The molecule has 0 amide bonds. The van der Waals surface area contributed by atoms with E-state index in [1.54, 1.807) is 28.4 Å². The van der Waals surface area contributed by atoms with Crippen molar-refractivity contribution in [2.24, 2.45) is 4.99 Å². The monoisotopic (exact) mass is 425 g/mol. The number of methoxy groups -OCH3 is 4. The van der Waals surface area contributed by atoms with Gasteiger partial charge in [-0.15, -0.1) is 0 Å². The van der Waals surface area contributed by atoms with E-state index in [1.807, 2.05) is 18.2 Å². The maximum Gasteiger partial charge on any atom is 0.161 e. The van der Waals surface area contributed by atoms with Gasteiger partial charge in [-0.05, 0) is 48.7 Å². The summed E-state index contributed by atoms with van der Waals surface area (Å²) in [7, 11) is 6.66. The SMILES string of the molecule is COCCOc1cc(C2=NC3CCCCC3c3cc(OC)c(OC)cc32)ccc1OC. The Kier molecular flexibility index (Phi) is 6.66. The van der Waals surface area contributed by atoms with E-state index >= 15 is 0 Å². The third kappa shape index (κ3) is 4.22. The van der Waals surface area contributed by atoms with Crippen molar-refractivity contribution in [1.29, 1.82) is 0 Å². The molecule has 6 nitrogen and oxygen atoms in total. The molecule has 2 aromatic rings. The third-order valence-electron chi connectivity index (χ3n) is 6.22. The Morgan fingerprint density at radius 3 is 2.29 bits per heavy atom. The highest BCUT2D eigenvalue weighted by Gasteiger charge is 2.34. The zero-order valence-electron chi connectivity index (χ0n) is 18.8. The van der Waals surface area contributed by atoms with Crippen LogP contribution in [-0.4, -0.2) is 53.4 Å². The van der Waals surface area contributed by atoms with Gasteiger partial charge in [0.15, 0.2) is 23.0 Å². The van der Waals surface area contributed by atoms with Crippen molar-refractivity contribution in [2.45, 2.75) is 37.6 Å². The smallest absolute Gasteiger partial charge is 0.161 e. The second-order valence-corrected chi connectivity index (χ2v) is 7.94. The van der Waals surface area contributed by atoms with Gasteiger partial charge in [-0.3, -0.25) is 4.99 Å². The minimum absolute atomic E-state index is 0.286. The lowest BCUT2D eigenvalue weighted by Gasteiger charge is -2.36. The molecule has 1 heterocycles. The minimum atomic E-state index is 0.286. The summed E-state index contributed by atoms with van der Waals surface area (Å²) >= 11 is 0. The molecule has 2 unspecified atom stereocenters. The maximum atomic E-state index is 5.93. The first-order valence-electron chi connectivity index (χ1n) is 10.8. The molecule has 31 heavy (non-hydrogen) atoms. The average molecular weight is 426 g/mol. The predicted molar refractivity (Wildman–Crippen MR) is 121 cm³/mol. The van der Waals surface area contributed by atoms with Crippen LogP contribution in [0.1, 0.15) is 48.3 Å². The van der Waals surface area contributed by atoms with Crippen molar-refractivity contribution in [3.8, 4) is 23.0 Å². The Bertz CT molecular complexity index is 955. The van der Waals surface area contributed by atoms with Crippen LogP contribution in [0.4, 0.5) is 0 Å². The first kappa shape index (κ1) is 21.5. The lowest BCUT2D eigenvalue weighted by molar-refractivity contribution is 0.144. The van der Waals surface area contributed by atoms with Gasteiger partial charge in [-0.2, -0.15) is 0 Å². The highest BCUT2D eigenvalue weighted by Crippen LogP contribution is 2.45.